The first kappa shape index (κ1) is 15.3. The Kier molecular flexibility index (Phi) is 5.06. The fourth-order valence-electron chi connectivity index (χ4n) is 3.03. The predicted octanol–water partition coefficient (Wildman–Crippen LogP) is 3.08. The van der Waals surface area contributed by atoms with Crippen LogP contribution >= 0.6 is 0 Å². The van der Waals surface area contributed by atoms with Crippen LogP contribution in [0, 0.1) is 0 Å². The molecule has 3 nitrogen and oxygen atoms in total. The molecule has 0 amide bonds. The SMILES string of the molecule is CCCC(C)(O)CNC1CC(c2ccccc2OC)C1. The Morgan fingerprint density at radius 1 is 1.35 bits per heavy atom. The van der Waals surface area contributed by atoms with Crippen LogP contribution in [0.4, 0.5) is 0 Å². The van der Waals surface area contributed by atoms with Crippen molar-refractivity contribution in [1.82, 2.24) is 5.32 Å². The Bertz CT molecular complexity index is 425. The molecule has 1 aromatic rings. The minimum atomic E-state index is -0.579. The molecule has 1 saturated carbocycles. The minimum absolute atomic E-state index is 0.522. The third-order valence-electron chi connectivity index (χ3n) is 4.28. The quantitative estimate of drug-likeness (QED) is 0.805. The van der Waals surface area contributed by atoms with Gasteiger partial charge in [0.15, 0.2) is 0 Å². The van der Waals surface area contributed by atoms with E-state index in [2.05, 4.69) is 24.4 Å². The maximum atomic E-state index is 10.2. The maximum absolute atomic E-state index is 10.2. The van der Waals surface area contributed by atoms with Crippen molar-refractivity contribution in [2.45, 2.75) is 57.1 Å². The first-order valence-electron chi connectivity index (χ1n) is 7.64. The molecule has 0 spiro atoms. The van der Waals surface area contributed by atoms with Gasteiger partial charge in [0.1, 0.15) is 5.75 Å². The average Bonchev–Trinajstić information content (AvgIpc) is 2.37. The van der Waals surface area contributed by atoms with E-state index in [1.165, 1.54) is 5.56 Å². The Balaban J connectivity index is 1.80. The van der Waals surface area contributed by atoms with Gasteiger partial charge in [0, 0.05) is 12.6 Å². The lowest BCUT2D eigenvalue weighted by atomic mass is 9.75. The van der Waals surface area contributed by atoms with Gasteiger partial charge in [0.2, 0.25) is 0 Å². The minimum Gasteiger partial charge on any atom is -0.496 e. The van der Waals surface area contributed by atoms with Crippen LogP contribution in [0.2, 0.25) is 0 Å². The molecular formula is C17H27NO2. The monoisotopic (exact) mass is 277 g/mol. The number of para-hydroxylation sites is 1. The van der Waals surface area contributed by atoms with Crippen molar-refractivity contribution in [3.05, 3.63) is 29.8 Å². The Hall–Kier alpha value is -1.06. The van der Waals surface area contributed by atoms with Crippen LogP contribution < -0.4 is 10.1 Å². The zero-order valence-corrected chi connectivity index (χ0v) is 12.9. The zero-order chi connectivity index (χ0) is 14.6. The first-order valence-corrected chi connectivity index (χ1v) is 7.64. The molecule has 20 heavy (non-hydrogen) atoms. The lowest BCUT2D eigenvalue weighted by Crippen LogP contribution is -2.47. The molecule has 0 aliphatic heterocycles. The van der Waals surface area contributed by atoms with Crippen molar-refractivity contribution in [3.8, 4) is 5.75 Å². The molecule has 0 radical (unpaired) electrons. The highest BCUT2D eigenvalue weighted by molar-refractivity contribution is 5.37. The second-order valence-corrected chi connectivity index (χ2v) is 6.24. The van der Waals surface area contributed by atoms with Gasteiger partial charge in [0.05, 0.1) is 12.7 Å². The van der Waals surface area contributed by atoms with Gasteiger partial charge in [-0.3, -0.25) is 0 Å². The summed E-state index contributed by atoms with van der Waals surface area (Å²) in [5.74, 6) is 1.58. The molecule has 0 bridgehead atoms. The highest BCUT2D eigenvalue weighted by Gasteiger charge is 2.33. The summed E-state index contributed by atoms with van der Waals surface area (Å²) in [6.45, 7) is 4.71. The van der Waals surface area contributed by atoms with Crippen LogP contribution in [0.5, 0.6) is 5.75 Å². The van der Waals surface area contributed by atoms with Crippen molar-refractivity contribution in [3.63, 3.8) is 0 Å². The van der Waals surface area contributed by atoms with Crippen molar-refractivity contribution < 1.29 is 9.84 Å². The molecule has 2 rings (SSSR count). The summed E-state index contributed by atoms with van der Waals surface area (Å²) in [7, 11) is 1.73. The van der Waals surface area contributed by atoms with E-state index < -0.39 is 5.60 Å². The van der Waals surface area contributed by atoms with Crippen molar-refractivity contribution in [2.75, 3.05) is 13.7 Å². The summed E-state index contributed by atoms with van der Waals surface area (Å²) in [5, 5.41) is 13.7. The molecule has 112 valence electrons. The van der Waals surface area contributed by atoms with Crippen molar-refractivity contribution in [1.29, 1.82) is 0 Å². The molecule has 1 aromatic carbocycles. The van der Waals surface area contributed by atoms with Crippen LogP contribution in [-0.2, 0) is 0 Å². The molecule has 0 heterocycles. The smallest absolute Gasteiger partial charge is 0.122 e. The second-order valence-electron chi connectivity index (χ2n) is 6.24. The van der Waals surface area contributed by atoms with Gasteiger partial charge in [-0.2, -0.15) is 0 Å². The number of methoxy groups -OCH3 is 1. The first-order chi connectivity index (χ1) is 9.55. The summed E-state index contributed by atoms with van der Waals surface area (Å²) < 4.78 is 5.42. The highest BCUT2D eigenvalue weighted by atomic mass is 16.5. The van der Waals surface area contributed by atoms with E-state index in [0.717, 1.165) is 31.4 Å². The number of benzene rings is 1. The second kappa shape index (κ2) is 6.59. The van der Waals surface area contributed by atoms with Gasteiger partial charge < -0.3 is 15.2 Å². The van der Waals surface area contributed by atoms with E-state index in [4.69, 9.17) is 4.74 Å². The van der Waals surface area contributed by atoms with Gasteiger partial charge in [-0.15, -0.1) is 0 Å². The molecule has 1 unspecified atom stereocenters. The highest BCUT2D eigenvalue weighted by Crippen LogP contribution is 2.41. The molecule has 2 N–H and O–H groups in total. The summed E-state index contributed by atoms with van der Waals surface area (Å²) >= 11 is 0. The van der Waals surface area contributed by atoms with Gasteiger partial charge >= 0.3 is 0 Å². The normalized spacial score (nSPS) is 24.8. The number of nitrogens with one attached hydrogen (secondary N) is 1. The largest absolute Gasteiger partial charge is 0.496 e. The van der Waals surface area contributed by atoms with Gasteiger partial charge in [0.25, 0.3) is 0 Å². The number of aliphatic hydroxyl groups is 1. The molecular weight excluding hydrogens is 250 g/mol. The van der Waals surface area contributed by atoms with Crippen LogP contribution in [-0.4, -0.2) is 30.4 Å². The van der Waals surface area contributed by atoms with Gasteiger partial charge in [-0.1, -0.05) is 31.5 Å². The third kappa shape index (κ3) is 3.74. The van der Waals surface area contributed by atoms with Gasteiger partial charge in [-0.05, 0) is 43.7 Å². The van der Waals surface area contributed by atoms with E-state index >= 15 is 0 Å². The van der Waals surface area contributed by atoms with Crippen molar-refractivity contribution in [2.24, 2.45) is 0 Å². The fraction of sp³-hybridized carbons (Fsp3) is 0.647. The van der Waals surface area contributed by atoms with E-state index in [9.17, 15) is 5.11 Å². The van der Waals surface area contributed by atoms with E-state index in [-0.39, 0.29) is 0 Å². The molecule has 0 saturated heterocycles. The Labute approximate surface area is 122 Å². The van der Waals surface area contributed by atoms with E-state index in [0.29, 0.717) is 18.5 Å². The molecule has 3 heteroatoms. The topological polar surface area (TPSA) is 41.5 Å². The average molecular weight is 277 g/mol. The van der Waals surface area contributed by atoms with Crippen molar-refractivity contribution >= 4 is 0 Å². The maximum Gasteiger partial charge on any atom is 0.122 e. The Morgan fingerprint density at radius 3 is 2.70 bits per heavy atom. The summed E-state index contributed by atoms with van der Waals surface area (Å²) in [4.78, 5) is 0. The summed E-state index contributed by atoms with van der Waals surface area (Å²) in [6.07, 6.45) is 4.12. The van der Waals surface area contributed by atoms with Crippen LogP contribution in [0.1, 0.15) is 51.0 Å². The summed E-state index contributed by atoms with van der Waals surface area (Å²) in [6, 6.07) is 8.80. The molecule has 1 atom stereocenters. The number of ether oxygens (including phenoxy) is 1. The molecule has 1 fully saturated rings. The standard InChI is InChI=1S/C17H27NO2/c1-4-9-17(2,19)12-18-14-10-13(11-14)15-7-5-6-8-16(15)20-3/h5-8,13-14,18-19H,4,9-12H2,1-3H3. The van der Waals surface area contributed by atoms with E-state index in [1.807, 2.05) is 19.1 Å². The molecule has 1 aliphatic rings. The molecule has 1 aliphatic carbocycles. The zero-order valence-electron chi connectivity index (χ0n) is 12.9. The third-order valence-corrected chi connectivity index (χ3v) is 4.28. The number of hydrogen-bond acceptors (Lipinski definition) is 3. The lowest BCUT2D eigenvalue weighted by molar-refractivity contribution is 0.0428. The number of hydrogen-bond donors (Lipinski definition) is 2. The van der Waals surface area contributed by atoms with Gasteiger partial charge in [-0.25, -0.2) is 0 Å². The lowest BCUT2D eigenvalue weighted by Gasteiger charge is -2.38. The summed E-state index contributed by atoms with van der Waals surface area (Å²) in [5.41, 5.74) is 0.734. The molecule has 0 aromatic heterocycles. The Morgan fingerprint density at radius 2 is 2.05 bits per heavy atom. The van der Waals surface area contributed by atoms with Crippen LogP contribution in [0.15, 0.2) is 24.3 Å². The fourth-order valence-corrected chi connectivity index (χ4v) is 3.03. The number of rotatable bonds is 7. The van der Waals surface area contributed by atoms with Crippen LogP contribution in [0.25, 0.3) is 0 Å². The predicted molar refractivity (Wildman–Crippen MR) is 82.3 cm³/mol. The van der Waals surface area contributed by atoms with E-state index in [1.54, 1.807) is 7.11 Å². The van der Waals surface area contributed by atoms with Crippen LogP contribution in [0.3, 0.4) is 0 Å².